The summed E-state index contributed by atoms with van der Waals surface area (Å²) >= 11 is 0. The third-order valence-corrected chi connectivity index (χ3v) is 6.99. The Morgan fingerprint density at radius 1 is 0.912 bits per heavy atom. The molecule has 0 bridgehead atoms. The summed E-state index contributed by atoms with van der Waals surface area (Å²) < 4.78 is 12.8. The fourth-order valence-electron chi connectivity index (χ4n) is 5.24. The Kier molecular flexibility index (Phi) is 7.92. The van der Waals surface area contributed by atoms with E-state index in [2.05, 4.69) is 83.1 Å². The van der Waals surface area contributed by atoms with E-state index in [1.165, 1.54) is 47.9 Å². The van der Waals surface area contributed by atoms with E-state index in [-0.39, 0.29) is 6.10 Å². The molecule has 0 amide bonds. The van der Waals surface area contributed by atoms with Gasteiger partial charge >= 0.3 is 0 Å². The van der Waals surface area contributed by atoms with Gasteiger partial charge in [-0.15, -0.1) is 0 Å². The van der Waals surface area contributed by atoms with Gasteiger partial charge in [0.2, 0.25) is 0 Å². The van der Waals surface area contributed by atoms with Crippen molar-refractivity contribution in [3.63, 3.8) is 0 Å². The first-order chi connectivity index (χ1) is 16.5. The molecule has 0 aliphatic heterocycles. The van der Waals surface area contributed by atoms with Crippen molar-refractivity contribution in [2.45, 2.75) is 91.8 Å². The number of para-hydroxylation sites is 1. The lowest BCUT2D eigenvalue weighted by atomic mass is 9.94. The van der Waals surface area contributed by atoms with Gasteiger partial charge in [-0.05, 0) is 75.1 Å². The van der Waals surface area contributed by atoms with Gasteiger partial charge in [-0.1, -0.05) is 63.1 Å². The minimum absolute atomic E-state index is 0.0752. The first kappa shape index (κ1) is 24.3. The summed E-state index contributed by atoms with van der Waals surface area (Å²) in [5, 5.41) is 0. The third-order valence-electron chi connectivity index (χ3n) is 6.99. The highest BCUT2D eigenvalue weighted by Gasteiger charge is 2.22. The molecule has 1 aromatic heterocycles. The SMILES string of the molecule is CCc1cccc(CC)c1-c1cc(OC(C)C)c(COc2ccccc2C2CCCC2)c(C)n1. The van der Waals surface area contributed by atoms with Crippen LogP contribution in [0.15, 0.2) is 48.5 Å². The largest absolute Gasteiger partial charge is 0.490 e. The number of pyridine rings is 1. The zero-order valence-electron chi connectivity index (χ0n) is 21.5. The third kappa shape index (κ3) is 5.29. The zero-order valence-corrected chi connectivity index (χ0v) is 21.5. The maximum atomic E-state index is 6.45. The number of rotatable bonds is 9. The Hall–Kier alpha value is -2.81. The molecule has 3 aromatic rings. The zero-order chi connectivity index (χ0) is 24.1. The second-order valence-electron chi connectivity index (χ2n) is 9.70. The van der Waals surface area contributed by atoms with Crippen LogP contribution in [-0.2, 0) is 19.4 Å². The normalized spacial score (nSPS) is 14.1. The first-order valence-electron chi connectivity index (χ1n) is 13.0. The molecule has 180 valence electrons. The molecule has 0 N–H and O–H groups in total. The molecule has 4 rings (SSSR count). The van der Waals surface area contributed by atoms with Gasteiger partial charge in [-0.3, -0.25) is 4.98 Å². The Labute approximate surface area is 205 Å². The van der Waals surface area contributed by atoms with Gasteiger partial charge in [0, 0.05) is 17.3 Å². The molecule has 0 atom stereocenters. The predicted molar refractivity (Wildman–Crippen MR) is 141 cm³/mol. The van der Waals surface area contributed by atoms with Crippen LogP contribution in [0.1, 0.15) is 87.2 Å². The number of benzene rings is 2. The number of aromatic nitrogens is 1. The Balaban J connectivity index is 1.70. The van der Waals surface area contributed by atoms with Crippen LogP contribution in [0, 0.1) is 6.92 Å². The second-order valence-corrected chi connectivity index (χ2v) is 9.70. The van der Waals surface area contributed by atoms with Gasteiger partial charge < -0.3 is 9.47 Å². The van der Waals surface area contributed by atoms with E-state index in [4.69, 9.17) is 14.5 Å². The fourth-order valence-corrected chi connectivity index (χ4v) is 5.24. The standard InChI is InChI=1S/C31H39NO2/c1-6-23-15-12-16-24(7-2)31(23)28-19-30(34-21(3)4)27(22(5)32-28)20-33-29-18-11-10-17-26(29)25-13-8-9-14-25/h10-12,15-19,21,25H,6-9,13-14,20H2,1-5H3. The van der Waals surface area contributed by atoms with Crippen molar-refractivity contribution in [2.75, 3.05) is 0 Å². The van der Waals surface area contributed by atoms with Crippen LogP contribution in [0.4, 0.5) is 0 Å². The quantitative estimate of drug-likeness (QED) is 0.324. The number of hydrogen-bond acceptors (Lipinski definition) is 3. The second kappa shape index (κ2) is 11.1. The summed E-state index contributed by atoms with van der Waals surface area (Å²) in [6.45, 7) is 11.1. The maximum Gasteiger partial charge on any atom is 0.130 e. The molecule has 1 aliphatic rings. The highest BCUT2D eigenvalue weighted by atomic mass is 16.5. The predicted octanol–water partition coefficient (Wildman–Crippen LogP) is 8.21. The van der Waals surface area contributed by atoms with E-state index in [1.807, 2.05) is 0 Å². The highest BCUT2D eigenvalue weighted by molar-refractivity contribution is 5.70. The van der Waals surface area contributed by atoms with E-state index in [0.717, 1.165) is 41.3 Å². The van der Waals surface area contributed by atoms with Gasteiger partial charge in [0.15, 0.2) is 0 Å². The van der Waals surface area contributed by atoms with Crippen LogP contribution in [-0.4, -0.2) is 11.1 Å². The van der Waals surface area contributed by atoms with Gasteiger partial charge in [0.25, 0.3) is 0 Å². The van der Waals surface area contributed by atoms with Crippen molar-refractivity contribution < 1.29 is 9.47 Å². The maximum absolute atomic E-state index is 6.45. The molecule has 1 aliphatic carbocycles. The molecule has 1 fully saturated rings. The van der Waals surface area contributed by atoms with Crippen LogP contribution >= 0.6 is 0 Å². The van der Waals surface area contributed by atoms with Crippen LogP contribution in [0.25, 0.3) is 11.3 Å². The van der Waals surface area contributed by atoms with Crippen molar-refractivity contribution in [1.82, 2.24) is 4.98 Å². The van der Waals surface area contributed by atoms with E-state index >= 15 is 0 Å². The van der Waals surface area contributed by atoms with Crippen molar-refractivity contribution >= 4 is 0 Å². The minimum atomic E-state index is 0.0752. The highest BCUT2D eigenvalue weighted by Crippen LogP contribution is 2.39. The Bertz CT molecular complexity index is 1090. The lowest BCUT2D eigenvalue weighted by Crippen LogP contribution is -2.12. The molecule has 0 radical (unpaired) electrons. The van der Waals surface area contributed by atoms with E-state index in [0.29, 0.717) is 12.5 Å². The average Bonchev–Trinajstić information content (AvgIpc) is 3.37. The van der Waals surface area contributed by atoms with E-state index in [1.54, 1.807) is 0 Å². The van der Waals surface area contributed by atoms with E-state index in [9.17, 15) is 0 Å². The van der Waals surface area contributed by atoms with Crippen molar-refractivity contribution in [3.8, 4) is 22.8 Å². The Morgan fingerprint density at radius 2 is 1.59 bits per heavy atom. The molecule has 1 heterocycles. The van der Waals surface area contributed by atoms with Gasteiger partial charge in [0.1, 0.15) is 18.1 Å². The molecular formula is C31H39NO2. The summed E-state index contributed by atoms with van der Waals surface area (Å²) in [4.78, 5) is 5.08. The Morgan fingerprint density at radius 3 is 2.24 bits per heavy atom. The molecule has 3 nitrogen and oxygen atoms in total. The monoisotopic (exact) mass is 457 g/mol. The number of ether oxygens (including phenoxy) is 2. The number of hydrogen-bond donors (Lipinski definition) is 0. The van der Waals surface area contributed by atoms with Crippen LogP contribution in [0.2, 0.25) is 0 Å². The number of aryl methyl sites for hydroxylation is 3. The molecule has 0 unspecified atom stereocenters. The van der Waals surface area contributed by atoms with E-state index < -0.39 is 0 Å². The smallest absolute Gasteiger partial charge is 0.130 e. The number of nitrogens with zero attached hydrogens (tertiary/aromatic N) is 1. The molecule has 3 heteroatoms. The summed E-state index contributed by atoms with van der Waals surface area (Å²) in [6.07, 6.45) is 7.18. The molecule has 34 heavy (non-hydrogen) atoms. The van der Waals surface area contributed by atoms with Gasteiger partial charge in [-0.25, -0.2) is 0 Å². The summed E-state index contributed by atoms with van der Waals surface area (Å²) in [5.74, 6) is 2.49. The lowest BCUT2D eigenvalue weighted by Gasteiger charge is -2.21. The van der Waals surface area contributed by atoms with Crippen molar-refractivity contribution in [1.29, 1.82) is 0 Å². The lowest BCUT2D eigenvalue weighted by molar-refractivity contribution is 0.229. The first-order valence-corrected chi connectivity index (χ1v) is 13.0. The summed E-state index contributed by atoms with van der Waals surface area (Å²) in [7, 11) is 0. The van der Waals surface area contributed by atoms with Crippen LogP contribution < -0.4 is 9.47 Å². The molecule has 0 spiro atoms. The topological polar surface area (TPSA) is 31.4 Å². The summed E-state index contributed by atoms with van der Waals surface area (Å²) in [6, 6.07) is 17.3. The minimum Gasteiger partial charge on any atom is -0.490 e. The average molecular weight is 458 g/mol. The van der Waals surface area contributed by atoms with Gasteiger partial charge in [-0.2, -0.15) is 0 Å². The van der Waals surface area contributed by atoms with Crippen LogP contribution in [0.5, 0.6) is 11.5 Å². The molecular weight excluding hydrogens is 418 g/mol. The fraction of sp³-hybridized carbons (Fsp3) is 0.452. The molecule has 1 saturated carbocycles. The molecule has 2 aromatic carbocycles. The van der Waals surface area contributed by atoms with Crippen LogP contribution in [0.3, 0.4) is 0 Å². The van der Waals surface area contributed by atoms with Crippen molar-refractivity contribution in [2.24, 2.45) is 0 Å². The summed E-state index contributed by atoms with van der Waals surface area (Å²) in [5.41, 5.74) is 8.26. The van der Waals surface area contributed by atoms with Gasteiger partial charge in [0.05, 0.1) is 17.4 Å². The van der Waals surface area contributed by atoms with Crippen molar-refractivity contribution in [3.05, 3.63) is 76.5 Å². The molecule has 0 saturated heterocycles.